The van der Waals surface area contributed by atoms with Gasteiger partial charge in [0.05, 0.1) is 18.2 Å². The molecule has 0 radical (unpaired) electrons. The molecule has 0 atom stereocenters. The number of fused-ring (bicyclic) bond motifs is 1. The fourth-order valence-corrected chi connectivity index (χ4v) is 3.67. The molecule has 3 heterocycles. The van der Waals surface area contributed by atoms with Crippen LogP contribution in [0, 0.1) is 5.82 Å². The Bertz CT molecular complexity index is 1640. The van der Waals surface area contributed by atoms with Gasteiger partial charge in [-0.2, -0.15) is 0 Å². The lowest BCUT2D eigenvalue weighted by Crippen LogP contribution is -2.22. The van der Waals surface area contributed by atoms with Crippen LogP contribution in [-0.2, 0) is 7.05 Å². The van der Waals surface area contributed by atoms with Crippen molar-refractivity contribution in [1.29, 1.82) is 0 Å². The van der Waals surface area contributed by atoms with Crippen molar-refractivity contribution in [3.05, 3.63) is 89.4 Å². The molecule has 10 heteroatoms. The Morgan fingerprint density at radius 3 is 2.58 bits per heavy atom. The third-order valence-corrected chi connectivity index (χ3v) is 5.54. The Kier molecular flexibility index (Phi) is 5.91. The van der Waals surface area contributed by atoms with Crippen molar-refractivity contribution >= 4 is 22.7 Å². The highest BCUT2D eigenvalue weighted by Crippen LogP contribution is 2.37. The van der Waals surface area contributed by atoms with Gasteiger partial charge in [-0.1, -0.05) is 12.1 Å². The number of ether oxygens (including phenoxy) is 2. The number of benzene rings is 2. The molecular weight excluding hydrogens is 465 g/mol. The molecule has 0 aliphatic rings. The van der Waals surface area contributed by atoms with Crippen LogP contribution in [0.5, 0.6) is 23.0 Å². The van der Waals surface area contributed by atoms with E-state index in [1.54, 1.807) is 43.6 Å². The Morgan fingerprint density at radius 1 is 0.972 bits per heavy atom. The van der Waals surface area contributed by atoms with Crippen molar-refractivity contribution < 1.29 is 19.0 Å². The summed E-state index contributed by atoms with van der Waals surface area (Å²) in [6, 6.07) is 14.2. The number of hydrogen-bond donors (Lipinski definition) is 2. The number of methoxy groups -OCH3 is 1. The van der Waals surface area contributed by atoms with E-state index in [1.165, 1.54) is 42.3 Å². The summed E-state index contributed by atoms with van der Waals surface area (Å²) in [5, 5.41) is 13.5. The zero-order valence-electron chi connectivity index (χ0n) is 19.3. The van der Waals surface area contributed by atoms with Gasteiger partial charge in [-0.25, -0.2) is 14.4 Å². The minimum absolute atomic E-state index is 0.0449. The summed E-state index contributed by atoms with van der Waals surface area (Å²) in [4.78, 5) is 25.6. The van der Waals surface area contributed by atoms with E-state index >= 15 is 4.39 Å². The molecule has 0 spiro atoms. The van der Waals surface area contributed by atoms with Crippen LogP contribution in [0.4, 0.5) is 16.2 Å². The van der Waals surface area contributed by atoms with Crippen LogP contribution in [0.3, 0.4) is 0 Å². The van der Waals surface area contributed by atoms with E-state index in [2.05, 4.69) is 20.3 Å². The molecule has 5 aromatic rings. The van der Waals surface area contributed by atoms with E-state index in [0.717, 1.165) is 0 Å². The summed E-state index contributed by atoms with van der Waals surface area (Å²) >= 11 is 0. The summed E-state index contributed by atoms with van der Waals surface area (Å²) in [6.45, 7) is 0. The number of phenolic OH excluding ortho intramolecular Hbond substituents is 1. The van der Waals surface area contributed by atoms with E-state index in [1.807, 2.05) is 6.07 Å². The molecule has 2 N–H and O–H groups in total. The Hall–Kier alpha value is -4.99. The van der Waals surface area contributed by atoms with Crippen LogP contribution >= 0.6 is 0 Å². The third kappa shape index (κ3) is 4.27. The highest BCUT2D eigenvalue weighted by molar-refractivity contribution is 5.88. The summed E-state index contributed by atoms with van der Waals surface area (Å²) in [5.41, 5.74) is 0.674. The first-order valence-corrected chi connectivity index (χ1v) is 10.8. The van der Waals surface area contributed by atoms with Crippen LogP contribution in [-0.4, -0.2) is 31.7 Å². The summed E-state index contributed by atoms with van der Waals surface area (Å²) < 4.78 is 27.4. The Labute approximate surface area is 204 Å². The van der Waals surface area contributed by atoms with E-state index in [-0.39, 0.29) is 28.4 Å². The van der Waals surface area contributed by atoms with Crippen LogP contribution < -0.4 is 20.3 Å². The number of nitrogens with one attached hydrogen (secondary N) is 1. The second-order valence-corrected chi connectivity index (χ2v) is 7.80. The second kappa shape index (κ2) is 9.34. The standard InChI is InChI=1S/C26H20FN5O4/c1-32-25(34)17(14-30-26(32)31-24-5-3-4-9-29-24)15-6-7-22(18(27)11-15)36-21-8-10-28-19-13-20(33)23(35-2)12-16(19)21/h3-14,33H,1-2H3,(H,29,30,31). The highest BCUT2D eigenvalue weighted by atomic mass is 19.1. The van der Waals surface area contributed by atoms with Gasteiger partial charge in [0.25, 0.3) is 5.56 Å². The van der Waals surface area contributed by atoms with Gasteiger partial charge in [-0.05, 0) is 42.0 Å². The minimum Gasteiger partial charge on any atom is -0.504 e. The average molecular weight is 485 g/mol. The monoisotopic (exact) mass is 485 g/mol. The molecule has 0 saturated heterocycles. The van der Waals surface area contributed by atoms with Crippen molar-refractivity contribution in [2.24, 2.45) is 7.05 Å². The van der Waals surface area contributed by atoms with E-state index in [4.69, 9.17) is 9.47 Å². The Morgan fingerprint density at radius 2 is 1.83 bits per heavy atom. The second-order valence-electron chi connectivity index (χ2n) is 7.80. The van der Waals surface area contributed by atoms with Gasteiger partial charge in [-0.3, -0.25) is 14.3 Å². The molecule has 0 aliphatic carbocycles. The molecule has 3 aromatic heterocycles. The molecule has 36 heavy (non-hydrogen) atoms. The van der Waals surface area contributed by atoms with Crippen molar-refractivity contribution in [2.75, 3.05) is 12.4 Å². The highest BCUT2D eigenvalue weighted by Gasteiger charge is 2.15. The van der Waals surface area contributed by atoms with Crippen LogP contribution in [0.25, 0.3) is 22.0 Å². The largest absolute Gasteiger partial charge is 0.504 e. The first kappa shape index (κ1) is 22.8. The average Bonchev–Trinajstić information content (AvgIpc) is 2.88. The molecule has 0 amide bonds. The maximum atomic E-state index is 15.1. The van der Waals surface area contributed by atoms with E-state index in [9.17, 15) is 9.90 Å². The number of aromatic nitrogens is 4. The number of hydrogen-bond acceptors (Lipinski definition) is 8. The molecule has 0 fully saturated rings. The fraction of sp³-hybridized carbons (Fsp3) is 0.0769. The predicted octanol–water partition coefficient (Wildman–Crippen LogP) is 4.78. The molecule has 5 rings (SSSR count). The molecular formula is C26H20FN5O4. The Balaban J connectivity index is 1.45. The third-order valence-electron chi connectivity index (χ3n) is 5.54. The van der Waals surface area contributed by atoms with Crippen molar-refractivity contribution in [1.82, 2.24) is 19.5 Å². The molecule has 180 valence electrons. The smallest absolute Gasteiger partial charge is 0.262 e. The van der Waals surface area contributed by atoms with Gasteiger partial charge in [0.1, 0.15) is 11.6 Å². The molecule has 0 aliphatic heterocycles. The van der Waals surface area contributed by atoms with Crippen molar-refractivity contribution in [3.8, 4) is 34.1 Å². The number of nitrogens with zero attached hydrogens (tertiary/aromatic N) is 4. The quantitative estimate of drug-likeness (QED) is 0.354. The molecule has 0 unspecified atom stereocenters. The topological polar surface area (TPSA) is 111 Å². The zero-order chi connectivity index (χ0) is 25.2. The maximum Gasteiger partial charge on any atom is 0.262 e. The van der Waals surface area contributed by atoms with Gasteiger partial charge in [0.2, 0.25) is 5.95 Å². The number of aromatic hydroxyl groups is 1. The first-order chi connectivity index (χ1) is 17.4. The lowest BCUT2D eigenvalue weighted by atomic mass is 10.1. The van der Waals surface area contributed by atoms with Gasteiger partial charge < -0.3 is 19.9 Å². The zero-order valence-corrected chi connectivity index (χ0v) is 19.3. The molecule has 0 bridgehead atoms. The molecule has 9 nitrogen and oxygen atoms in total. The van der Waals surface area contributed by atoms with Gasteiger partial charge in [0, 0.05) is 37.1 Å². The van der Waals surface area contributed by atoms with Gasteiger partial charge in [0.15, 0.2) is 23.1 Å². The maximum absolute atomic E-state index is 15.1. The predicted molar refractivity (Wildman–Crippen MR) is 132 cm³/mol. The van der Waals surface area contributed by atoms with E-state index < -0.39 is 5.82 Å². The van der Waals surface area contributed by atoms with Gasteiger partial charge >= 0.3 is 0 Å². The van der Waals surface area contributed by atoms with Crippen LogP contribution in [0.2, 0.25) is 0 Å². The fourth-order valence-electron chi connectivity index (χ4n) is 3.67. The van der Waals surface area contributed by atoms with Crippen molar-refractivity contribution in [2.45, 2.75) is 0 Å². The number of halogens is 1. The van der Waals surface area contributed by atoms with Gasteiger partial charge in [-0.15, -0.1) is 0 Å². The minimum atomic E-state index is -0.666. The molecule has 2 aromatic carbocycles. The summed E-state index contributed by atoms with van der Waals surface area (Å²) in [5.74, 6) is 0.623. The van der Waals surface area contributed by atoms with Crippen molar-refractivity contribution in [3.63, 3.8) is 0 Å². The summed E-state index contributed by atoms with van der Waals surface area (Å²) in [7, 11) is 3.00. The number of phenols is 1. The number of pyridine rings is 2. The normalized spacial score (nSPS) is 10.9. The SMILES string of the molecule is COc1cc2c(Oc3ccc(-c4cnc(Nc5ccccn5)n(C)c4=O)cc3F)ccnc2cc1O. The number of anilines is 2. The summed E-state index contributed by atoms with van der Waals surface area (Å²) in [6.07, 6.45) is 4.50. The van der Waals surface area contributed by atoms with E-state index in [0.29, 0.717) is 34.0 Å². The first-order valence-electron chi connectivity index (χ1n) is 10.8. The van der Waals surface area contributed by atoms with Crippen LogP contribution in [0.15, 0.2) is 78.0 Å². The molecule has 0 saturated carbocycles. The lowest BCUT2D eigenvalue weighted by Gasteiger charge is -2.13. The lowest BCUT2D eigenvalue weighted by molar-refractivity contribution is 0.374. The number of rotatable bonds is 6. The van der Waals surface area contributed by atoms with Crippen LogP contribution in [0.1, 0.15) is 0 Å².